The van der Waals surface area contributed by atoms with Crippen LogP contribution in [0.3, 0.4) is 0 Å². The van der Waals surface area contributed by atoms with Crippen molar-refractivity contribution in [3.63, 3.8) is 0 Å². The van der Waals surface area contributed by atoms with Gasteiger partial charge in [0.1, 0.15) is 6.04 Å². The van der Waals surface area contributed by atoms with Gasteiger partial charge in [-0.25, -0.2) is 9.79 Å². The Hall–Kier alpha value is -2.21. The number of ether oxygens (including phenoxy) is 3. The van der Waals surface area contributed by atoms with E-state index in [0.29, 0.717) is 22.8 Å². The van der Waals surface area contributed by atoms with Gasteiger partial charge in [-0.1, -0.05) is 6.07 Å². The predicted molar refractivity (Wildman–Crippen MR) is 88.0 cm³/mol. The van der Waals surface area contributed by atoms with E-state index >= 15 is 0 Å². The van der Waals surface area contributed by atoms with E-state index < -0.39 is 12.0 Å². The first kappa shape index (κ1) is 17.1. The highest BCUT2D eigenvalue weighted by atomic mass is 35.5. The van der Waals surface area contributed by atoms with E-state index in [9.17, 15) is 4.79 Å². The molecule has 6 nitrogen and oxygen atoms in total. The number of benzene rings is 1. The topological polar surface area (TPSA) is 69.2 Å². The summed E-state index contributed by atoms with van der Waals surface area (Å²) in [6, 6.07) is 4.78. The Labute approximate surface area is 140 Å². The van der Waals surface area contributed by atoms with E-state index in [1.165, 1.54) is 0 Å². The fourth-order valence-corrected chi connectivity index (χ4v) is 2.61. The summed E-state index contributed by atoms with van der Waals surface area (Å²) in [5.74, 6) is 0.722. The molecule has 23 heavy (non-hydrogen) atoms. The van der Waals surface area contributed by atoms with Gasteiger partial charge in [0.05, 0.1) is 26.4 Å². The van der Waals surface area contributed by atoms with Crippen molar-refractivity contribution in [3.05, 3.63) is 35.0 Å². The summed E-state index contributed by atoms with van der Waals surface area (Å²) in [7, 11) is 3.11. The standard InChI is InChI=1S/C16H19ClN2O4/c1-5-23-15(20)13-9(2)18-16(17)19-14(13)10-6-7-11(21-3)12(8-10)22-4/h6-8,14H,5H2,1-4H3,(H,18,19). The molecule has 0 fully saturated rings. The number of amidine groups is 1. The number of hydrogen-bond donors (Lipinski definition) is 1. The molecule has 2 rings (SSSR count). The Balaban J connectivity index is 2.49. The first-order valence-corrected chi connectivity index (χ1v) is 7.49. The van der Waals surface area contributed by atoms with Crippen molar-refractivity contribution < 1.29 is 19.0 Å². The number of carbonyl (C=O) groups excluding carboxylic acids is 1. The van der Waals surface area contributed by atoms with Crippen LogP contribution in [0.25, 0.3) is 0 Å². The fourth-order valence-electron chi connectivity index (χ4n) is 2.37. The van der Waals surface area contributed by atoms with Crippen molar-refractivity contribution in [1.29, 1.82) is 0 Å². The third-order valence-electron chi connectivity index (χ3n) is 3.43. The summed E-state index contributed by atoms with van der Waals surface area (Å²) in [4.78, 5) is 16.6. The van der Waals surface area contributed by atoms with Crippen LogP contribution in [0.5, 0.6) is 11.5 Å². The average molecular weight is 339 g/mol. The number of nitrogens with zero attached hydrogens (tertiary/aromatic N) is 1. The van der Waals surface area contributed by atoms with E-state index in [0.717, 1.165) is 5.56 Å². The minimum Gasteiger partial charge on any atom is -0.493 e. The van der Waals surface area contributed by atoms with Crippen LogP contribution in [-0.2, 0) is 9.53 Å². The minimum atomic E-state index is -0.567. The third kappa shape index (κ3) is 3.59. The second-order valence-corrected chi connectivity index (χ2v) is 5.18. The summed E-state index contributed by atoms with van der Waals surface area (Å²) >= 11 is 6.03. The number of aliphatic imine (C=N–C) groups is 1. The van der Waals surface area contributed by atoms with Crippen LogP contribution in [0.2, 0.25) is 0 Å². The molecule has 0 aliphatic carbocycles. The van der Waals surface area contributed by atoms with Crippen molar-refractivity contribution in [1.82, 2.24) is 5.32 Å². The Morgan fingerprint density at radius 2 is 2.00 bits per heavy atom. The molecule has 1 heterocycles. The molecule has 1 aliphatic rings. The van der Waals surface area contributed by atoms with Gasteiger partial charge < -0.3 is 19.5 Å². The van der Waals surface area contributed by atoms with Crippen molar-refractivity contribution in [3.8, 4) is 11.5 Å². The molecule has 0 aromatic heterocycles. The molecular formula is C16H19ClN2O4. The normalized spacial score (nSPS) is 17.3. The highest BCUT2D eigenvalue weighted by Crippen LogP contribution is 2.36. The maximum atomic E-state index is 12.3. The third-order valence-corrected chi connectivity index (χ3v) is 3.62. The number of hydrogen-bond acceptors (Lipinski definition) is 6. The maximum absolute atomic E-state index is 12.3. The summed E-state index contributed by atoms with van der Waals surface area (Å²) < 4.78 is 15.7. The smallest absolute Gasteiger partial charge is 0.338 e. The summed E-state index contributed by atoms with van der Waals surface area (Å²) in [6.07, 6.45) is 0. The Bertz CT molecular complexity index is 670. The Morgan fingerprint density at radius 1 is 1.30 bits per heavy atom. The Kier molecular flexibility index (Phi) is 5.50. The lowest BCUT2D eigenvalue weighted by Crippen LogP contribution is -2.29. The molecule has 1 N–H and O–H groups in total. The first-order valence-electron chi connectivity index (χ1n) is 7.11. The van der Waals surface area contributed by atoms with E-state index in [2.05, 4.69) is 10.3 Å². The van der Waals surface area contributed by atoms with Gasteiger partial charge in [-0.3, -0.25) is 0 Å². The number of carbonyl (C=O) groups is 1. The van der Waals surface area contributed by atoms with E-state index in [1.807, 2.05) is 6.07 Å². The lowest BCUT2D eigenvalue weighted by atomic mass is 9.96. The molecule has 0 saturated carbocycles. The molecule has 0 bridgehead atoms. The monoisotopic (exact) mass is 338 g/mol. The van der Waals surface area contributed by atoms with E-state index in [-0.39, 0.29) is 11.9 Å². The molecule has 1 aliphatic heterocycles. The summed E-state index contributed by atoms with van der Waals surface area (Å²) in [6.45, 7) is 3.80. The fraction of sp³-hybridized carbons (Fsp3) is 0.375. The van der Waals surface area contributed by atoms with Gasteiger partial charge in [-0.2, -0.15) is 0 Å². The quantitative estimate of drug-likeness (QED) is 0.660. The van der Waals surface area contributed by atoms with Gasteiger partial charge in [-0.05, 0) is 43.1 Å². The molecule has 1 aromatic rings. The molecule has 7 heteroatoms. The van der Waals surface area contributed by atoms with E-state index in [1.54, 1.807) is 40.2 Å². The van der Waals surface area contributed by atoms with Crippen LogP contribution >= 0.6 is 11.6 Å². The lowest BCUT2D eigenvalue weighted by Gasteiger charge is -2.24. The van der Waals surface area contributed by atoms with Crippen LogP contribution in [0, 0.1) is 0 Å². The highest BCUT2D eigenvalue weighted by Gasteiger charge is 2.30. The second kappa shape index (κ2) is 7.37. The van der Waals surface area contributed by atoms with Gasteiger partial charge in [0.25, 0.3) is 0 Å². The van der Waals surface area contributed by atoms with Crippen molar-refractivity contribution in [2.24, 2.45) is 4.99 Å². The summed E-state index contributed by atoms with van der Waals surface area (Å²) in [5.41, 5.74) is 1.79. The average Bonchev–Trinajstić information content (AvgIpc) is 2.53. The number of methoxy groups -OCH3 is 2. The Morgan fingerprint density at radius 3 is 2.61 bits per heavy atom. The van der Waals surface area contributed by atoms with Gasteiger partial charge >= 0.3 is 5.97 Å². The zero-order valence-corrected chi connectivity index (χ0v) is 14.2. The molecule has 1 atom stereocenters. The molecule has 124 valence electrons. The molecule has 1 unspecified atom stereocenters. The number of nitrogens with one attached hydrogen (secondary N) is 1. The van der Waals surface area contributed by atoms with Crippen molar-refractivity contribution >= 4 is 22.9 Å². The van der Waals surface area contributed by atoms with Crippen LogP contribution in [0.1, 0.15) is 25.5 Å². The van der Waals surface area contributed by atoms with Gasteiger partial charge in [0, 0.05) is 5.70 Å². The number of allylic oxidation sites excluding steroid dienone is 1. The first-order chi connectivity index (χ1) is 11.0. The van der Waals surface area contributed by atoms with Gasteiger partial charge in [0.15, 0.2) is 16.8 Å². The zero-order valence-electron chi connectivity index (χ0n) is 13.5. The van der Waals surface area contributed by atoms with Crippen LogP contribution in [0.15, 0.2) is 34.5 Å². The van der Waals surface area contributed by atoms with Crippen molar-refractivity contribution in [2.75, 3.05) is 20.8 Å². The molecule has 1 aromatic carbocycles. The van der Waals surface area contributed by atoms with Crippen LogP contribution in [0.4, 0.5) is 0 Å². The zero-order chi connectivity index (χ0) is 17.0. The van der Waals surface area contributed by atoms with Gasteiger partial charge in [0.2, 0.25) is 0 Å². The minimum absolute atomic E-state index is 0.218. The highest BCUT2D eigenvalue weighted by molar-refractivity contribution is 6.65. The van der Waals surface area contributed by atoms with Crippen LogP contribution in [-0.4, -0.2) is 32.1 Å². The number of esters is 1. The SMILES string of the molecule is CCOC(=O)C1=C(C)NC(Cl)=NC1c1ccc(OC)c(OC)c1. The second-order valence-electron chi connectivity index (χ2n) is 4.82. The largest absolute Gasteiger partial charge is 0.493 e. The molecule has 0 amide bonds. The molecule has 0 radical (unpaired) electrons. The molecule has 0 saturated heterocycles. The predicted octanol–water partition coefficient (Wildman–Crippen LogP) is 2.78. The molecule has 0 spiro atoms. The maximum Gasteiger partial charge on any atom is 0.338 e. The molecular weight excluding hydrogens is 320 g/mol. The lowest BCUT2D eigenvalue weighted by molar-refractivity contribution is -0.138. The number of halogens is 1. The van der Waals surface area contributed by atoms with E-state index in [4.69, 9.17) is 25.8 Å². The summed E-state index contributed by atoms with van der Waals surface area (Å²) in [5, 5.41) is 3.08. The number of rotatable bonds is 5. The van der Waals surface area contributed by atoms with Crippen LogP contribution < -0.4 is 14.8 Å². The van der Waals surface area contributed by atoms with Gasteiger partial charge in [-0.15, -0.1) is 0 Å². The van der Waals surface area contributed by atoms with Crippen molar-refractivity contribution in [2.45, 2.75) is 19.9 Å².